The van der Waals surface area contributed by atoms with Crippen LogP contribution in [-0.2, 0) is 19.0 Å². The predicted octanol–water partition coefficient (Wildman–Crippen LogP) is 3.83. The fourth-order valence-corrected chi connectivity index (χ4v) is 3.95. The normalized spacial score (nSPS) is 14.0. The summed E-state index contributed by atoms with van der Waals surface area (Å²) in [5, 5.41) is 8.88. The molecule has 1 aliphatic heterocycles. The molecule has 1 N–H and O–H groups in total. The van der Waals surface area contributed by atoms with Gasteiger partial charge < -0.3 is 24.2 Å². The molecule has 0 aromatic heterocycles. The second-order valence-corrected chi connectivity index (χ2v) is 9.27. The molecule has 36 heavy (non-hydrogen) atoms. The van der Waals surface area contributed by atoms with E-state index in [0.29, 0.717) is 62.4 Å². The van der Waals surface area contributed by atoms with Crippen molar-refractivity contribution in [2.24, 2.45) is 5.92 Å². The van der Waals surface area contributed by atoms with E-state index < -0.39 is 11.7 Å². The third-order valence-electron chi connectivity index (χ3n) is 5.96. The third-order valence-corrected chi connectivity index (χ3v) is 5.96. The highest BCUT2D eigenvalue weighted by atomic mass is 16.5. The first kappa shape index (κ1) is 27.8. The minimum absolute atomic E-state index is 0.00626. The number of Topliss-reactive ketones (excluding diaryl/α,β-unsaturated/α-hetero) is 1. The van der Waals surface area contributed by atoms with Gasteiger partial charge in [-0.15, -0.1) is 0 Å². The molecule has 0 bridgehead atoms. The molecule has 8 nitrogen and oxygen atoms in total. The van der Waals surface area contributed by atoms with Crippen molar-refractivity contribution in [3.05, 3.63) is 54.1 Å². The van der Waals surface area contributed by atoms with E-state index in [9.17, 15) is 9.59 Å². The van der Waals surface area contributed by atoms with Gasteiger partial charge in [0.25, 0.3) is 5.78 Å². The van der Waals surface area contributed by atoms with E-state index in [0.717, 1.165) is 18.7 Å². The van der Waals surface area contributed by atoms with E-state index in [2.05, 4.69) is 18.7 Å². The molecule has 1 amide bonds. The van der Waals surface area contributed by atoms with Gasteiger partial charge in [0.05, 0.1) is 50.4 Å². The number of anilines is 3. The molecular weight excluding hydrogens is 460 g/mol. The second kappa shape index (κ2) is 14.1. The lowest BCUT2D eigenvalue weighted by atomic mass is 10.1. The highest BCUT2D eigenvalue weighted by Gasteiger charge is 2.36. The van der Waals surface area contributed by atoms with Gasteiger partial charge in [0.2, 0.25) is 0 Å². The van der Waals surface area contributed by atoms with Crippen molar-refractivity contribution in [2.75, 3.05) is 62.5 Å². The maximum Gasteiger partial charge on any atom is 0.304 e. The molecule has 0 saturated carbocycles. The van der Waals surface area contributed by atoms with Crippen molar-refractivity contribution in [3.63, 3.8) is 0 Å². The zero-order valence-corrected chi connectivity index (χ0v) is 21.5. The van der Waals surface area contributed by atoms with E-state index in [1.54, 1.807) is 18.2 Å². The van der Waals surface area contributed by atoms with Crippen molar-refractivity contribution in [1.82, 2.24) is 0 Å². The number of aliphatic hydroxyl groups is 1. The average Bonchev–Trinajstić information content (AvgIpc) is 3.13. The lowest BCUT2D eigenvalue weighted by molar-refractivity contribution is -0.113. The van der Waals surface area contributed by atoms with Crippen LogP contribution in [0.4, 0.5) is 17.1 Å². The van der Waals surface area contributed by atoms with Crippen LogP contribution in [0.25, 0.3) is 0 Å². The highest BCUT2D eigenvalue weighted by Crippen LogP contribution is 2.35. The number of benzene rings is 2. The molecule has 196 valence electrons. The second-order valence-electron chi connectivity index (χ2n) is 9.27. The van der Waals surface area contributed by atoms with Crippen molar-refractivity contribution < 1.29 is 28.9 Å². The van der Waals surface area contributed by atoms with Crippen LogP contribution in [0.3, 0.4) is 0 Å². The first-order valence-corrected chi connectivity index (χ1v) is 12.6. The number of rotatable bonds is 16. The van der Waals surface area contributed by atoms with Crippen LogP contribution in [0.1, 0.15) is 37.6 Å². The van der Waals surface area contributed by atoms with E-state index in [4.69, 9.17) is 19.3 Å². The van der Waals surface area contributed by atoms with Gasteiger partial charge in [0, 0.05) is 31.1 Å². The van der Waals surface area contributed by atoms with Crippen molar-refractivity contribution >= 4 is 28.8 Å². The first-order valence-electron chi connectivity index (χ1n) is 12.6. The van der Waals surface area contributed by atoms with Gasteiger partial charge in [-0.05, 0) is 55.7 Å². The molecule has 8 heteroatoms. The summed E-state index contributed by atoms with van der Waals surface area (Å²) < 4.78 is 17.1. The van der Waals surface area contributed by atoms with Crippen molar-refractivity contribution in [2.45, 2.75) is 33.3 Å². The van der Waals surface area contributed by atoms with Gasteiger partial charge in [-0.3, -0.25) is 14.5 Å². The molecule has 2 aromatic rings. The molecule has 1 heterocycles. The Morgan fingerprint density at radius 3 is 2.28 bits per heavy atom. The Hall–Kier alpha value is -2.78. The number of fused-ring (bicyclic) bond motifs is 1. The van der Waals surface area contributed by atoms with Crippen LogP contribution in [0.15, 0.2) is 48.5 Å². The van der Waals surface area contributed by atoms with Crippen LogP contribution in [0.5, 0.6) is 0 Å². The zero-order valence-electron chi connectivity index (χ0n) is 21.5. The number of hydrogen-bond donors (Lipinski definition) is 1. The van der Waals surface area contributed by atoms with Crippen LogP contribution >= 0.6 is 0 Å². The van der Waals surface area contributed by atoms with Gasteiger partial charge in [-0.2, -0.15) is 0 Å². The molecule has 0 fully saturated rings. The molecular formula is C28H38N2O6. The summed E-state index contributed by atoms with van der Waals surface area (Å²) in [6.45, 7) is 10.2. The number of amides is 1. The summed E-state index contributed by atoms with van der Waals surface area (Å²) >= 11 is 0. The van der Waals surface area contributed by atoms with E-state index in [1.807, 2.05) is 37.3 Å². The topological polar surface area (TPSA) is 88.5 Å². The highest BCUT2D eigenvalue weighted by molar-refractivity contribution is 6.53. The number of aliphatic hydroxyl groups excluding tert-OH is 1. The fraction of sp³-hybridized carbons (Fsp3) is 0.500. The Kier molecular flexibility index (Phi) is 10.9. The predicted molar refractivity (Wildman–Crippen MR) is 140 cm³/mol. The molecule has 0 spiro atoms. The number of para-hydroxylation sites is 1. The minimum Gasteiger partial charge on any atom is -0.394 e. The quantitative estimate of drug-likeness (QED) is 0.278. The van der Waals surface area contributed by atoms with E-state index >= 15 is 0 Å². The molecule has 2 aromatic carbocycles. The monoisotopic (exact) mass is 498 g/mol. The molecule has 0 aliphatic carbocycles. The fourth-order valence-electron chi connectivity index (χ4n) is 3.95. The number of ketones is 1. The first-order chi connectivity index (χ1) is 17.4. The third kappa shape index (κ3) is 7.61. The van der Waals surface area contributed by atoms with Gasteiger partial charge in [0.1, 0.15) is 0 Å². The number of nitrogens with zero attached hydrogens (tertiary/aromatic N) is 2. The molecule has 1 aliphatic rings. The summed E-state index contributed by atoms with van der Waals surface area (Å²) in [4.78, 5) is 28.7. The van der Waals surface area contributed by atoms with Crippen LogP contribution < -0.4 is 9.80 Å². The molecule has 3 rings (SSSR count). The number of ether oxygens (including phenoxy) is 3. The van der Waals surface area contributed by atoms with Crippen molar-refractivity contribution in [3.8, 4) is 0 Å². The van der Waals surface area contributed by atoms with Gasteiger partial charge in [-0.25, -0.2) is 0 Å². The summed E-state index contributed by atoms with van der Waals surface area (Å²) in [6, 6.07) is 14.7. The molecule has 0 saturated heterocycles. The number of carbonyl (C=O) groups is 2. The standard InChI is InChI=1S/C28H38N2O6/c1-21(2)12-16-34-17-13-29(14-18-35-20-22(3)36-19-15-31)23-8-10-24(11-9-23)30-26-7-5-4-6-25(26)27(32)28(30)33/h4-11,21-22,31H,12-20H2,1-3H3. The van der Waals surface area contributed by atoms with Gasteiger partial charge in [-0.1, -0.05) is 26.0 Å². The Morgan fingerprint density at radius 1 is 0.889 bits per heavy atom. The maximum atomic E-state index is 12.6. The van der Waals surface area contributed by atoms with Crippen molar-refractivity contribution in [1.29, 1.82) is 0 Å². The lowest BCUT2D eigenvalue weighted by Gasteiger charge is -2.26. The van der Waals surface area contributed by atoms with Gasteiger partial charge >= 0.3 is 5.91 Å². The van der Waals surface area contributed by atoms with Gasteiger partial charge in [0.15, 0.2) is 0 Å². The summed E-state index contributed by atoms with van der Waals surface area (Å²) in [5.74, 6) is -0.420. The Morgan fingerprint density at radius 2 is 1.58 bits per heavy atom. The van der Waals surface area contributed by atoms with Crippen LogP contribution in [0.2, 0.25) is 0 Å². The zero-order chi connectivity index (χ0) is 25.9. The number of carbonyl (C=O) groups excluding carboxylic acids is 2. The van der Waals surface area contributed by atoms with Crippen LogP contribution in [0, 0.1) is 5.92 Å². The molecule has 0 radical (unpaired) electrons. The Bertz CT molecular complexity index is 978. The minimum atomic E-state index is -0.537. The van der Waals surface area contributed by atoms with E-state index in [-0.39, 0.29) is 12.7 Å². The smallest absolute Gasteiger partial charge is 0.304 e. The van der Waals surface area contributed by atoms with E-state index in [1.165, 1.54) is 4.90 Å². The summed E-state index contributed by atoms with van der Waals surface area (Å²) in [7, 11) is 0. The summed E-state index contributed by atoms with van der Waals surface area (Å²) in [5.41, 5.74) is 2.68. The Labute approximate surface area is 213 Å². The SMILES string of the molecule is CC(C)CCOCCN(CCOCC(C)OCCO)c1ccc(N2C(=O)C(=O)c3ccccc32)cc1. The maximum absolute atomic E-state index is 12.6. The number of hydrogen-bond acceptors (Lipinski definition) is 7. The largest absolute Gasteiger partial charge is 0.394 e. The average molecular weight is 499 g/mol. The summed E-state index contributed by atoms with van der Waals surface area (Å²) in [6.07, 6.45) is 0.931. The van der Waals surface area contributed by atoms with Crippen LogP contribution in [-0.4, -0.2) is 75.6 Å². The molecule has 1 unspecified atom stereocenters. The molecule has 1 atom stereocenters. The Balaban J connectivity index is 1.64. The lowest BCUT2D eigenvalue weighted by Crippen LogP contribution is -2.32.